The van der Waals surface area contributed by atoms with Gasteiger partial charge in [0.05, 0.1) is 17.8 Å². The lowest BCUT2D eigenvalue weighted by molar-refractivity contribution is 0.631. The number of pyridine rings is 1. The predicted octanol–water partition coefficient (Wildman–Crippen LogP) is 4.49. The Morgan fingerprint density at radius 3 is 2.68 bits per heavy atom. The molecular weight excluding hydrogens is 460 g/mol. The molecule has 8 heteroatoms. The number of fused-ring (bicyclic) bond motifs is 2. The van der Waals surface area contributed by atoms with Gasteiger partial charge in [0.2, 0.25) is 0 Å². The third-order valence-electron chi connectivity index (χ3n) is 6.53. The fourth-order valence-corrected chi connectivity index (χ4v) is 4.73. The van der Waals surface area contributed by atoms with E-state index in [1.807, 2.05) is 39.7 Å². The van der Waals surface area contributed by atoms with E-state index >= 15 is 0 Å². The molecule has 0 radical (unpaired) electrons. The van der Waals surface area contributed by atoms with Crippen LogP contribution in [-0.4, -0.2) is 35.9 Å². The minimum absolute atomic E-state index is 0.472. The van der Waals surface area contributed by atoms with E-state index in [2.05, 4.69) is 75.1 Å². The average Bonchev–Trinajstić information content (AvgIpc) is 3.51. The van der Waals surface area contributed by atoms with Gasteiger partial charge in [0.1, 0.15) is 11.8 Å². The molecule has 4 heterocycles. The minimum Gasteiger partial charge on any atom is -0.382 e. The quantitative estimate of drug-likeness (QED) is 0.291. The van der Waals surface area contributed by atoms with E-state index in [0.29, 0.717) is 5.82 Å². The van der Waals surface area contributed by atoms with Crippen LogP contribution in [0.25, 0.3) is 27.5 Å². The summed E-state index contributed by atoms with van der Waals surface area (Å²) >= 11 is 0. The number of nitrogens with one attached hydrogen (secondary N) is 1. The Balaban J connectivity index is 1.23. The van der Waals surface area contributed by atoms with Gasteiger partial charge in [-0.05, 0) is 54.8 Å². The summed E-state index contributed by atoms with van der Waals surface area (Å²) in [7, 11) is 0. The molecule has 0 fully saturated rings. The molecule has 0 atom stereocenters. The zero-order valence-corrected chi connectivity index (χ0v) is 20.5. The Kier molecular flexibility index (Phi) is 6.31. The van der Waals surface area contributed by atoms with Crippen molar-refractivity contribution < 1.29 is 0 Å². The third-order valence-corrected chi connectivity index (χ3v) is 6.53. The average molecular weight is 489 g/mol. The van der Waals surface area contributed by atoms with Gasteiger partial charge < -0.3 is 11.1 Å². The van der Waals surface area contributed by atoms with Crippen LogP contribution in [-0.2, 0) is 19.5 Å². The first-order valence-electron chi connectivity index (χ1n) is 12.5. The van der Waals surface area contributed by atoms with E-state index < -0.39 is 0 Å². The minimum atomic E-state index is 0.472. The molecule has 0 bridgehead atoms. The highest BCUT2D eigenvalue weighted by molar-refractivity contribution is 5.92. The number of aryl methyl sites for hydroxylation is 1. The van der Waals surface area contributed by atoms with E-state index in [1.165, 1.54) is 11.9 Å². The Morgan fingerprint density at radius 1 is 0.919 bits per heavy atom. The van der Waals surface area contributed by atoms with Crippen molar-refractivity contribution in [3.63, 3.8) is 0 Å². The van der Waals surface area contributed by atoms with Crippen molar-refractivity contribution in [3.05, 3.63) is 108 Å². The Hall–Kier alpha value is -4.56. The highest BCUT2D eigenvalue weighted by Crippen LogP contribution is 2.32. The second-order valence-electron chi connectivity index (χ2n) is 9.14. The Labute approximate surface area is 214 Å². The smallest absolute Gasteiger partial charge is 0.151 e. The number of nitrogen functional groups attached to an aromatic ring is 1. The summed E-state index contributed by atoms with van der Waals surface area (Å²) in [4.78, 5) is 8.63. The molecule has 0 unspecified atom stereocenters. The summed E-state index contributed by atoms with van der Waals surface area (Å²) in [5.41, 5.74) is 13.6. The number of aromatic nitrogens is 6. The first-order chi connectivity index (χ1) is 18.2. The number of rotatable bonds is 9. The SMILES string of the molecule is Nc1ncnn2c(CCCNCc3ccccn3)cc(-c3ccc4cn(Cc5ccccc5)nc4c3)c12. The van der Waals surface area contributed by atoms with Gasteiger partial charge in [-0.15, -0.1) is 0 Å². The van der Waals surface area contributed by atoms with Crippen LogP contribution in [0, 0.1) is 0 Å². The van der Waals surface area contributed by atoms with Crippen LogP contribution in [0.2, 0.25) is 0 Å². The van der Waals surface area contributed by atoms with Crippen molar-refractivity contribution in [2.45, 2.75) is 25.9 Å². The van der Waals surface area contributed by atoms with Crippen LogP contribution in [0.15, 0.2) is 91.5 Å². The number of hydrogen-bond acceptors (Lipinski definition) is 6. The van der Waals surface area contributed by atoms with E-state index in [9.17, 15) is 0 Å². The predicted molar refractivity (Wildman–Crippen MR) is 146 cm³/mol. The van der Waals surface area contributed by atoms with E-state index in [-0.39, 0.29) is 0 Å². The molecule has 6 rings (SSSR count). The van der Waals surface area contributed by atoms with Crippen molar-refractivity contribution in [2.24, 2.45) is 0 Å². The topological polar surface area (TPSA) is 99.0 Å². The lowest BCUT2D eigenvalue weighted by Crippen LogP contribution is -2.16. The Morgan fingerprint density at radius 2 is 1.81 bits per heavy atom. The summed E-state index contributed by atoms with van der Waals surface area (Å²) in [6, 6.07) is 24.9. The van der Waals surface area contributed by atoms with Crippen LogP contribution in [0.3, 0.4) is 0 Å². The molecule has 4 aromatic heterocycles. The molecule has 6 aromatic rings. The fraction of sp³-hybridized carbons (Fsp3) is 0.172. The lowest BCUT2D eigenvalue weighted by atomic mass is 10.0. The molecule has 0 saturated carbocycles. The zero-order valence-electron chi connectivity index (χ0n) is 20.5. The van der Waals surface area contributed by atoms with Crippen molar-refractivity contribution in [1.29, 1.82) is 0 Å². The molecule has 184 valence electrons. The van der Waals surface area contributed by atoms with Crippen LogP contribution in [0.1, 0.15) is 23.4 Å². The summed E-state index contributed by atoms with van der Waals surface area (Å²) in [5, 5.41) is 13.9. The fourth-order valence-electron chi connectivity index (χ4n) is 4.73. The number of nitrogens with zero attached hydrogens (tertiary/aromatic N) is 6. The molecule has 0 aliphatic rings. The molecule has 3 N–H and O–H groups in total. The summed E-state index contributed by atoms with van der Waals surface area (Å²) in [5.74, 6) is 0.472. The second kappa shape index (κ2) is 10.2. The number of nitrogens with two attached hydrogens (primary N) is 1. The molecule has 8 nitrogen and oxygen atoms in total. The van der Waals surface area contributed by atoms with Crippen LogP contribution < -0.4 is 11.1 Å². The van der Waals surface area contributed by atoms with E-state index in [4.69, 9.17) is 10.8 Å². The highest BCUT2D eigenvalue weighted by atomic mass is 15.3. The number of anilines is 1. The van der Waals surface area contributed by atoms with Gasteiger partial charge >= 0.3 is 0 Å². The van der Waals surface area contributed by atoms with Crippen LogP contribution >= 0.6 is 0 Å². The first kappa shape index (κ1) is 22.9. The van der Waals surface area contributed by atoms with E-state index in [0.717, 1.165) is 71.4 Å². The van der Waals surface area contributed by atoms with Crippen molar-refractivity contribution >= 4 is 22.2 Å². The molecule has 0 aliphatic heterocycles. The lowest BCUT2D eigenvalue weighted by Gasteiger charge is -2.05. The summed E-state index contributed by atoms with van der Waals surface area (Å²) < 4.78 is 3.91. The normalized spacial score (nSPS) is 11.5. The van der Waals surface area contributed by atoms with Gasteiger partial charge in [0.25, 0.3) is 0 Å². The number of benzene rings is 2. The van der Waals surface area contributed by atoms with Gasteiger partial charge in [-0.25, -0.2) is 9.50 Å². The number of hydrogen-bond donors (Lipinski definition) is 2. The molecule has 37 heavy (non-hydrogen) atoms. The maximum atomic E-state index is 6.34. The van der Waals surface area contributed by atoms with Crippen molar-refractivity contribution in [1.82, 2.24) is 34.7 Å². The van der Waals surface area contributed by atoms with Crippen molar-refractivity contribution in [3.8, 4) is 11.1 Å². The summed E-state index contributed by atoms with van der Waals surface area (Å²) in [6.45, 7) is 2.37. The second-order valence-corrected chi connectivity index (χ2v) is 9.14. The van der Waals surface area contributed by atoms with Gasteiger partial charge in [-0.1, -0.05) is 48.5 Å². The van der Waals surface area contributed by atoms with Gasteiger partial charge in [0.15, 0.2) is 5.82 Å². The highest BCUT2D eigenvalue weighted by Gasteiger charge is 2.16. The standard InChI is InChI=1S/C29H28N8/c30-29-28-26(22-11-12-23-19-36(35-27(23)15-22)18-21-7-2-1-3-8-21)16-25(37(28)34-20-33-29)10-6-13-31-17-24-9-4-5-14-32-24/h1-5,7-9,11-12,14-16,19-20,31H,6,10,13,17-18H2,(H2,30,33,34). The molecule has 0 saturated heterocycles. The Bertz CT molecular complexity index is 1640. The maximum Gasteiger partial charge on any atom is 0.151 e. The van der Waals surface area contributed by atoms with Crippen LogP contribution in [0.4, 0.5) is 5.82 Å². The summed E-state index contributed by atoms with van der Waals surface area (Å²) in [6.07, 6.45) is 7.25. The molecular formula is C29H28N8. The van der Waals surface area contributed by atoms with Crippen LogP contribution in [0.5, 0.6) is 0 Å². The molecule has 0 aliphatic carbocycles. The van der Waals surface area contributed by atoms with E-state index in [1.54, 1.807) is 0 Å². The van der Waals surface area contributed by atoms with Gasteiger partial charge in [-0.3, -0.25) is 9.67 Å². The molecule has 0 spiro atoms. The van der Waals surface area contributed by atoms with Gasteiger partial charge in [-0.2, -0.15) is 10.2 Å². The monoisotopic (exact) mass is 488 g/mol. The molecule has 0 amide bonds. The molecule has 2 aromatic carbocycles. The first-order valence-corrected chi connectivity index (χ1v) is 12.5. The zero-order chi connectivity index (χ0) is 25.0. The largest absolute Gasteiger partial charge is 0.382 e. The third kappa shape index (κ3) is 4.92. The maximum absolute atomic E-state index is 6.34. The van der Waals surface area contributed by atoms with Crippen molar-refractivity contribution in [2.75, 3.05) is 12.3 Å². The van der Waals surface area contributed by atoms with Gasteiger partial charge in [0, 0.05) is 35.6 Å².